The van der Waals surface area contributed by atoms with Crippen LogP contribution in [0.15, 0.2) is 41.8 Å². The molecule has 1 atom stereocenters. The first-order chi connectivity index (χ1) is 11.6. The smallest absolute Gasteiger partial charge is 0.239 e. The van der Waals surface area contributed by atoms with E-state index in [9.17, 15) is 9.59 Å². The summed E-state index contributed by atoms with van der Waals surface area (Å²) < 4.78 is 0. The van der Waals surface area contributed by atoms with Crippen molar-refractivity contribution in [2.75, 3.05) is 19.6 Å². The topological polar surface area (TPSA) is 49.4 Å². The van der Waals surface area contributed by atoms with Gasteiger partial charge in [0.2, 0.25) is 11.8 Å². The minimum Gasteiger partial charge on any atom is -0.354 e. The van der Waals surface area contributed by atoms with Gasteiger partial charge in [-0.05, 0) is 35.9 Å². The summed E-state index contributed by atoms with van der Waals surface area (Å²) in [4.78, 5) is 27.2. The van der Waals surface area contributed by atoms with Crippen molar-refractivity contribution in [3.05, 3.63) is 57.8 Å². The summed E-state index contributed by atoms with van der Waals surface area (Å²) in [7, 11) is 0. The molecule has 0 bridgehead atoms. The highest BCUT2D eigenvalue weighted by molar-refractivity contribution is 7.10. The number of likely N-dealkylation sites (tertiary alicyclic amines) is 1. The Hall–Kier alpha value is -2.14. The van der Waals surface area contributed by atoms with Crippen molar-refractivity contribution in [2.45, 2.75) is 25.7 Å². The molecule has 1 aromatic heterocycles. The molecule has 1 aromatic carbocycles. The van der Waals surface area contributed by atoms with Crippen LogP contribution in [0.1, 0.15) is 28.3 Å². The largest absolute Gasteiger partial charge is 0.354 e. The summed E-state index contributed by atoms with van der Waals surface area (Å²) in [5, 5.41) is 4.99. The molecule has 0 spiro atoms. The Labute approximate surface area is 146 Å². The Balaban J connectivity index is 1.46. The minimum atomic E-state index is -0.0775. The number of carbonyl (C=O) groups excluding carboxylic acids is 2. The van der Waals surface area contributed by atoms with Crippen molar-refractivity contribution in [2.24, 2.45) is 0 Å². The molecule has 126 valence electrons. The molecule has 2 aromatic rings. The summed E-state index contributed by atoms with van der Waals surface area (Å²) in [6.07, 6.45) is 1.33. The third kappa shape index (κ3) is 4.03. The standard InChI is InChI=1S/C19H22N2O2S/c1-14-8-10-24-17(14)7-9-20-18(22)13-21-12-16(11-19(21)23)15-5-3-2-4-6-15/h2-6,8,10,16H,7,9,11-13H2,1H3,(H,20,22)/t16-/m0/s1. The predicted octanol–water partition coefficient (Wildman–Crippen LogP) is 2.73. The van der Waals surface area contributed by atoms with Gasteiger partial charge in [0.15, 0.2) is 0 Å². The number of benzene rings is 1. The van der Waals surface area contributed by atoms with E-state index in [1.165, 1.54) is 16.0 Å². The summed E-state index contributed by atoms with van der Waals surface area (Å²) in [5.41, 5.74) is 2.44. The van der Waals surface area contributed by atoms with Crippen LogP contribution in [-0.4, -0.2) is 36.3 Å². The van der Waals surface area contributed by atoms with Gasteiger partial charge in [0.25, 0.3) is 0 Å². The lowest BCUT2D eigenvalue weighted by molar-refractivity contribution is -0.133. The highest BCUT2D eigenvalue weighted by atomic mass is 32.1. The maximum atomic E-state index is 12.1. The van der Waals surface area contributed by atoms with E-state index in [-0.39, 0.29) is 24.3 Å². The Kier molecular flexibility index (Phi) is 5.30. The monoisotopic (exact) mass is 342 g/mol. The average Bonchev–Trinajstić information content (AvgIpc) is 3.15. The molecule has 1 saturated heterocycles. The predicted molar refractivity (Wildman–Crippen MR) is 96.1 cm³/mol. The summed E-state index contributed by atoms with van der Waals surface area (Å²) in [5.74, 6) is 0.180. The molecule has 1 fully saturated rings. The number of thiophene rings is 1. The molecule has 2 heterocycles. The third-order valence-electron chi connectivity index (χ3n) is 4.46. The van der Waals surface area contributed by atoms with Crippen LogP contribution in [0.25, 0.3) is 0 Å². The van der Waals surface area contributed by atoms with Gasteiger partial charge in [0.1, 0.15) is 0 Å². The molecule has 1 aliphatic rings. The van der Waals surface area contributed by atoms with Crippen molar-refractivity contribution in [3.63, 3.8) is 0 Å². The zero-order valence-electron chi connectivity index (χ0n) is 13.8. The molecular weight excluding hydrogens is 320 g/mol. The first-order valence-corrected chi connectivity index (χ1v) is 9.14. The maximum Gasteiger partial charge on any atom is 0.239 e. The number of aryl methyl sites for hydroxylation is 1. The maximum absolute atomic E-state index is 12.1. The number of rotatable bonds is 6. The lowest BCUT2D eigenvalue weighted by Crippen LogP contribution is -2.38. The summed E-state index contributed by atoms with van der Waals surface area (Å²) in [6, 6.07) is 12.1. The van der Waals surface area contributed by atoms with E-state index in [4.69, 9.17) is 0 Å². The normalized spacial score (nSPS) is 17.3. The Morgan fingerprint density at radius 1 is 1.29 bits per heavy atom. The second-order valence-electron chi connectivity index (χ2n) is 6.21. The Morgan fingerprint density at radius 2 is 2.08 bits per heavy atom. The molecule has 5 heteroatoms. The second kappa shape index (κ2) is 7.62. The Bertz CT molecular complexity index is 711. The van der Waals surface area contributed by atoms with Gasteiger partial charge in [-0.3, -0.25) is 9.59 Å². The van der Waals surface area contributed by atoms with Crippen molar-refractivity contribution < 1.29 is 9.59 Å². The fourth-order valence-electron chi connectivity index (χ4n) is 3.08. The van der Waals surface area contributed by atoms with Crippen LogP contribution in [0.2, 0.25) is 0 Å². The fraction of sp³-hybridized carbons (Fsp3) is 0.368. The quantitative estimate of drug-likeness (QED) is 0.877. The van der Waals surface area contributed by atoms with E-state index < -0.39 is 0 Å². The van der Waals surface area contributed by atoms with Crippen LogP contribution in [0.3, 0.4) is 0 Å². The number of nitrogens with one attached hydrogen (secondary N) is 1. The van der Waals surface area contributed by atoms with Gasteiger partial charge in [0.05, 0.1) is 6.54 Å². The SMILES string of the molecule is Cc1ccsc1CCNC(=O)CN1C[C@@H](c2ccccc2)CC1=O. The molecule has 4 nitrogen and oxygen atoms in total. The molecule has 0 aliphatic carbocycles. The molecule has 0 unspecified atom stereocenters. The van der Waals surface area contributed by atoms with Gasteiger partial charge in [-0.15, -0.1) is 11.3 Å². The van der Waals surface area contributed by atoms with Crippen LogP contribution in [0.5, 0.6) is 0 Å². The van der Waals surface area contributed by atoms with Gasteiger partial charge in [-0.25, -0.2) is 0 Å². The summed E-state index contributed by atoms with van der Waals surface area (Å²) >= 11 is 1.72. The summed E-state index contributed by atoms with van der Waals surface area (Å²) in [6.45, 7) is 3.48. The minimum absolute atomic E-state index is 0.0631. The fourth-order valence-corrected chi connectivity index (χ4v) is 3.99. The Morgan fingerprint density at radius 3 is 2.79 bits per heavy atom. The van der Waals surface area contributed by atoms with Gasteiger partial charge < -0.3 is 10.2 Å². The van der Waals surface area contributed by atoms with Crippen molar-refractivity contribution in [3.8, 4) is 0 Å². The zero-order chi connectivity index (χ0) is 16.9. The van der Waals surface area contributed by atoms with E-state index in [0.717, 1.165) is 6.42 Å². The first-order valence-electron chi connectivity index (χ1n) is 8.26. The van der Waals surface area contributed by atoms with Gasteiger partial charge in [-0.2, -0.15) is 0 Å². The van der Waals surface area contributed by atoms with Crippen molar-refractivity contribution in [1.29, 1.82) is 0 Å². The van der Waals surface area contributed by atoms with Crippen LogP contribution >= 0.6 is 11.3 Å². The molecule has 24 heavy (non-hydrogen) atoms. The third-order valence-corrected chi connectivity index (χ3v) is 5.55. The lowest BCUT2D eigenvalue weighted by atomic mass is 9.99. The van der Waals surface area contributed by atoms with Crippen LogP contribution in [0.4, 0.5) is 0 Å². The van der Waals surface area contributed by atoms with Gasteiger partial charge in [0, 0.05) is 30.3 Å². The molecule has 1 N–H and O–H groups in total. The first kappa shape index (κ1) is 16.7. The highest BCUT2D eigenvalue weighted by Crippen LogP contribution is 2.27. The van der Waals surface area contributed by atoms with Crippen LogP contribution < -0.4 is 5.32 Å². The molecule has 0 radical (unpaired) electrons. The number of hydrogen-bond donors (Lipinski definition) is 1. The molecule has 2 amide bonds. The molecule has 0 saturated carbocycles. The van der Waals surface area contributed by atoms with E-state index in [1.54, 1.807) is 16.2 Å². The van der Waals surface area contributed by atoms with E-state index in [0.29, 0.717) is 19.5 Å². The number of hydrogen-bond acceptors (Lipinski definition) is 3. The van der Waals surface area contributed by atoms with E-state index in [2.05, 4.69) is 23.7 Å². The molecule has 3 rings (SSSR count). The van der Waals surface area contributed by atoms with Crippen LogP contribution in [0, 0.1) is 6.92 Å². The molecular formula is C19H22N2O2S. The van der Waals surface area contributed by atoms with Gasteiger partial charge >= 0.3 is 0 Å². The van der Waals surface area contributed by atoms with Gasteiger partial charge in [-0.1, -0.05) is 30.3 Å². The average molecular weight is 342 g/mol. The van der Waals surface area contributed by atoms with E-state index >= 15 is 0 Å². The lowest BCUT2D eigenvalue weighted by Gasteiger charge is -2.16. The van der Waals surface area contributed by atoms with Crippen molar-refractivity contribution >= 4 is 23.2 Å². The highest BCUT2D eigenvalue weighted by Gasteiger charge is 2.31. The second-order valence-corrected chi connectivity index (χ2v) is 7.21. The zero-order valence-corrected chi connectivity index (χ0v) is 14.6. The number of amides is 2. The number of nitrogens with zero attached hydrogens (tertiary/aromatic N) is 1. The van der Waals surface area contributed by atoms with Crippen molar-refractivity contribution in [1.82, 2.24) is 10.2 Å². The van der Waals surface area contributed by atoms with Crippen LogP contribution in [-0.2, 0) is 16.0 Å². The number of carbonyl (C=O) groups is 2. The van der Waals surface area contributed by atoms with E-state index in [1.807, 2.05) is 30.3 Å². The molecule has 1 aliphatic heterocycles.